The van der Waals surface area contributed by atoms with Crippen LogP contribution in [0.25, 0.3) is 0 Å². The van der Waals surface area contributed by atoms with E-state index in [0.717, 1.165) is 38.7 Å². The van der Waals surface area contributed by atoms with Gasteiger partial charge in [-0.05, 0) is 24.2 Å². The van der Waals surface area contributed by atoms with Gasteiger partial charge in [0.15, 0.2) is 5.96 Å². The minimum absolute atomic E-state index is 0.194. The maximum absolute atomic E-state index is 5.79. The van der Waals surface area contributed by atoms with E-state index in [1.54, 1.807) is 13.2 Å². The van der Waals surface area contributed by atoms with Crippen molar-refractivity contribution in [2.45, 2.75) is 19.2 Å². The first-order chi connectivity index (χ1) is 12.7. The number of nitrogens with one attached hydrogen (secondary N) is 2. The van der Waals surface area contributed by atoms with Crippen LogP contribution >= 0.6 is 0 Å². The molecule has 0 radical (unpaired) electrons. The van der Waals surface area contributed by atoms with Gasteiger partial charge < -0.3 is 20.3 Å². The number of aliphatic imine (C=N–C) groups is 1. The first-order valence-electron chi connectivity index (χ1n) is 9.03. The maximum Gasteiger partial charge on any atom is 0.191 e. The molecule has 0 amide bonds. The number of morpholine rings is 1. The number of ether oxygens (including phenoxy) is 1. The Hall–Kier alpha value is -2.38. The van der Waals surface area contributed by atoms with Crippen molar-refractivity contribution in [3.63, 3.8) is 0 Å². The van der Waals surface area contributed by atoms with Gasteiger partial charge in [-0.3, -0.25) is 9.67 Å². The summed E-state index contributed by atoms with van der Waals surface area (Å²) >= 11 is 0. The zero-order valence-corrected chi connectivity index (χ0v) is 15.6. The second-order valence-electron chi connectivity index (χ2n) is 6.53. The van der Waals surface area contributed by atoms with Crippen LogP contribution in [0.15, 0.2) is 47.7 Å². The number of hydrogen-bond acceptors (Lipinski definition) is 4. The highest BCUT2D eigenvalue weighted by atomic mass is 16.5. The van der Waals surface area contributed by atoms with Crippen molar-refractivity contribution in [3.05, 3.63) is 53.9 Å². The van der Waals surface area contributed by atoms with E-state index in [4.69, 9.17) is 4.74 Å². The van der Waals surface area contributed by atoms with Crippen LogP contribution in [0.1, 0.15) is 11.1 Å². The molecule has 2 aromatic rings. The molecule has 3 rings (SSSR count). The SMILES string of the molecule is CN=C(NCc1ccccc1Cn1cccn1)NCC1CN(C)CCO1. The summed E-state index contributed by atoms with van der Waals surface area (Å²) in [5.41, 5.74) is 2.48. The molecular formula is C19H28N6O. The van der Waals surface area contributed by atoms with Gasteiger partial charge in [-0.15, -0.1) is 0 Å². The highest BCUT2D eigenvalue weighted by Gasteiger charge is 2.17. The molecule has 1 aliphatic rings. The average Bonchev–Trinajstić information content (AvgIpc) is 3.16. The molecule has 1 aliphatic heterocycles. The molecule has 7 heteroatoms. The topological polar surface area (TPSA) is 66.7 Å². The van der Waals surface area contributed by atoms with Gasteiger partial charge in [0.05, 0.1) is 19.3 Å². The third kappa shape index (κ3) is 5.31. The summed E-state index contributed by atoms with van der Waals surface area (Å²) in [6.45, 7) is 4.95. The Balaban J connectivity index is 1.52. The summed E-state index contributed by atoms with van der Waals surface area (Å²) in [6.07, 6.45) is 3.97. The van der Waals surface area contributed by atoms with Gasteiger partial charge in [-0.1, -0.05) is 24.3 Å². The lowest BCUT2D eigenvalue weighted by atomic mass is 10.1. The van der Waals surface area contributed by atoms with Crippen molar-refractivity contribution in [1.29, 1.82) is 0 Å². The second-order valence-corrected chi connectivity index (χ2v) is 6.53. The molecule has 1 aromatic heterocycles. The second kappa shape index (κ2) is 9.35. The van der Waals surface area contributed by atoms with Crippen molar-refractivity contribution in [2.24, 2.45) is 4.99 Å². The monoisotopic (exact) mass is 356 g/mol. The molecule has 0 saturated carbocycles. The Morgan fingerprint density at radius 1 is 1.27 bits per heavy atom. The third-order valence-electron chi connectivity index (χ3n) is 4.52. The van der Waals surface area contributed by atoms with E-state index in [2.05, 4.69) is 56.9 Å². The van der Waals surface area contributed by atoms with Gasteiger partial charge in [-0.2, -0.15) is 5.10 Å². The van der Waals surface area contributed by atoms with E-state index < -0.39 is 0 Å². The molecule has 140 valence electrons. The summed E-state index contributed by atoms with van der Waals surface area (Å²) in [5.74, 6) is 0.788. The summed E-state index contributed by atoms with van der Waals surface area (Å²) in [7, 11) is 3.91. The molecule has 1 fully saturated rings. The molecular weight excluding hydrogens is 328 g/mol. The number of hydrogen-bond donors (Lipinski definition) is 2. The minimum Gasteiger partial charge on any atom is -0.374 e. The van der Waals surface area contributed by atoms with Crippen molar-refractivity contribution < 1.29 is 4.74 Å². The van der Waals surface area contributed by atoms with E-state index in [9.17, 15) is 0 Å². The molecule has 1 atom stereocenters. The van der Waals surface area contributed by atoms with Gasteiger partial charge in [0, 0.05) is 45.6 Å². The van der Waals surface area contributed by atoms with E-state index in [-0.39, 0.29) is 6.10 Å². The molecule has 2 N–H and O–H groups in total. The summed E-state index contributed by atoms with van der Waals surface area (Å²) in [5, 5.41) is 11.1. The summed E-state index contributed by atoms with van der Waals surface area (Å²) < 4.78 is 7.72. The Morgan fingerprint density at radius 2 is 2.12 bits per heavy atom. The average molecular weight is 356 g/mol. The standard InChI is InChI=1S/C19H28N6O/c1-20-19(22-13-18-15-24(2)10-11-26-18)21-12-16-6-3-4-7-17(16)14-25-9-5-8-23-25/h3-9,18H,10-15H2,1-2H3,(H2,20,21,22). The largest absolute Gasteiger partial charge is 0.374 e. The fourth-order valence-corrected chi connectivity index (χ4v) is 3.05. The highest BCUT2D eigenvalue weighted by Crippen LogP contribution is 2.10. The molecule has 0 spiro atoms. The van der Waals surface area contributed by atoms with Crippen LogP contribution in [0.5, 0.6) is 0 Å². The highest BCUT2D eigenvalue weighted by molar-refractivity contribution is 5.79. The quantitative estimate of drug-likeness (QED) is 0.595. The number of rotatable bonds is 6. The van der Waals surface area contributed by atoms with Crippen LogP contribution in [0, 0.1) is 0 Å². The molecule has 0 aliphatic carbocycles. The molecule has 1 unspecified atom stereocenters. The molecule has 1 aromatic carbocycles. The number of guanidine groups is 1. The van der Waals surface area contributed by atoms with Crippen LogP contribution in [0.3, 0.4) is 0 Å². The van der Waals surface area contributed by atoms with Crippen LogP contribution < -0.4 is 10.6 Å². The van der Waals surface area contributed by atoms with Gasteiger partial charge in [0.1, 0.15) is 0 Å². The smallest absolute Gasteiger partial charge is 0.191 e. The first-order valence-corrected chi connectivity index (χ1v) is 9.03. The van der Waals surface area contributed by atoms with Crippen molar-refractivity contribution >= 4 is 5.96 Å². The van der Waals surface area contributed by atoms with Gasteiger partial charge in [0.2, 0.25) is 0 Å². The number of nitrogens with zero attached hydrogens (tertiary/aromatic N) is 4. The molecule has 7 nitrogen and oxygen atoms in total. The van der Waals surface area contributed by atoms with Gasteiger partial charge >= 0.3 is 0 Å². The molecule has 1 saturated heterocycles. The van der Waals surface area contributed by atoms with E-state index in [1.165, 1.54) is 11.1 Å². The molecule has 2 heterocycles. The Kier molecular flexibility index (Phi) is 6.62. The zero-order chi connectivity index (χ0) is 18.2. The normalized spacial score (nSPS) is 18.7. The number of aromatic nitrogens is 2. The fourth-order valence-electron chi connectivity index (χ4n) is 3.05. The minimum atomic E-state index is 0.194. The van der Waals surface area contributed by atoms with E-state index in [1.807, 2.05) is 16.9 Å². The lowest BCUT2D eigenvalue weighted by molar-refractivity contribution is -0.0161. The van der Waals surface area contributed by atoms with Crippen molar-refractivity contribution in [1.82, 2.24) is 25.3 Å². The van der Waals surface area contributed by atoms with Crippen LogP contribution in [0.4, 0.5) is 0 Å². The predicted octanol–water partition coefficient (Wildman–Crippen LogP) is 0.927. The van der Waals surface area contributed by atoms with E-state index >= 15 is 0 Å². The third-order valence-corrected chi connectivity index (χ3v) is 4.52. The van der Waals surface area contributed by atoms with Crippen molar-refractivity contribution in [2.75, 3.05) is 40.3 Å². The Labute approximate surface area is 155 Å². The lowest BCUT2D eigenvalue weighted by Gasteiger charge is -2.30. The maximum atomic E-state index is 5.79. The predicted molar refractivity (Wildman–Crippen MR) is 103 cm³/mol. The molecule has 26 heavy (non-hydrogen) atoms. The number of likely N-dealkylation sites (N-methyl/N-ethyl adjacent to an activating group) is 1. The van der Waals surface area contributed by atoms with Crippen LogP contribution in [0.2, 0.25) is 0 Å². The molecule has 0 bridgehead atoms. The fraction of sp³-hybridized carbons (Fsp3) is 0.474. The van der Waals surface area contributed by atoms with Crippen LogP contribution in [-0.4, -0.2) is 67.1 Å². The lowest BCUT2D eigenvalue weighted by Crippen LogP contribution is -2.48. The first kappa shape index (κ1) is 18.4. The van der Waals surface area contributed by atoms with E-state index in [0.29, 0.717) is 6.54 Å². The van der Waals surface area contributed by atoms with Crippen LogP contribution in [-0.2, 0) is 17.8 Å². The Morgan fingerprint density at radius 3 is 2.85 bits per heavy atom. The van der Waals surface area contributed by atoms with Crippen molar-refractivity contribution in [3.8, 4) is 0 Å². The number of benzene rings is 1. The summed E-state index contributed by atoms with van der Waals surface area (Å²) in [4.78, 5) is 6.61. The Bertz CT molecular complexity index is 700. The van der Waals surface area contributed by atoms with Gasteiger partial charge in [-0.25, -0.2) is 0 Å². The zero-order valence-electron chi connectivity index (χ0n) is 15.6. The summed E-state index contributed by atoms with van der Waals surface area (Å²) in [6, 6.07) is 10.3. The van der Waals surface area contributed by atoms with Gasteiger partial charge in [0.25, 0.3) is 0 Å².